The molecule has 0 saturated carbocycles. The number of benzene rings is 1. The van der Waals surface area contributed by atoms with Crippen molar-refractivity contribution in [2.24, 2.45) is 5.73 Å². The summed E-state index contributed by atoms with van der Waals surface area (Å²) in [4.78, 5) is 0. The molecule has 0 heterocycles. The lowest BCUT2D eigenvalue weighted by molar-refractivity contribution is 0.466. The normalized spacial score (nSPS) is 11.8. The van der Waals surface area contributed by atoms with Gasteiger partial charge in [-0.3, -0.25) is 0 Å². The third-order valence-electron chi connectivity index (χ3n) is 1.68. The largest absolute Gasteiger partial charge is 0.325 e. The molecular weight excluding hydrogens is 172 g/mol. The molecule has 13 heavy (non-hydrogen) atoms. The molecule has 72 valence electrons. The number of hydrogen-bond acceptors (Lipinski definition) is 1. The Balaban J connectivity index is 2.96. The summed E-state index contributed by atoms with van der Waals surface area (Å²) in [5.41, 5.74) is 5.50. The summed E-state index contributed by atoms with van der Waals surface area (Å²) in [6.45, 7) is 3.55. The van der Waals surface area contributed by atoms with Crippen molar-refractivity contribution in [1.29, 1.82) is 0 Å². The molecule has 0 unspecified atom stereocenters. The minimum atomic E-state index is -0.818. The van der Waals surface area contributed by atoms with Gasteiger partial charge in [-0.1, -0.05) is 12.1 Å². The van der Waals surface area contributed by atoms with Crippen molar-refractivity contribution in [2.75, 3.05) is 0 Å². The van der Waals surface area contributed by atoms with Crippen LogP contribution in [0.3, 0.4) is 0 Å². The van der Waals surface area contributed by atoms with Gasteiger partial charge in [-0.05, 0) is 31.9 Å². The first-order valence-electron chi connectivity index (χ1n) is 4.12. The third-order valence-corrected chi connectivity index (χ3v) is 1.68. The summed E-state index contributed by atoms with van der Waals surface area (Å²) < 4.78 is 25.8. The second kappa shape index (κ2) is 3.42. The second-order valence-corrected chi connectivity index (χ2v) is 3.88. The molecule has 1 nitrogen and oxygen atoms in total. The lowest BCUT2D eigenvalue weighted by atomic mass is 9.96. The molecule has 1 aromatic carbocycles. The molecule has 2 N–H and O–H groups in total. The van der Waals surface area contributed by atoms with Crippen LogP contribution in [0.4, 0.5) is 8.78 Å². The van der Waals surface area contributed by atoms with Gasteiger partial charge in [-0.25, -0.2) is 8.78 Å². The van der Waals surface area contributed by atoms with Gasteiger partial charge in [0.15, 0.2) is 11.6 Å². The third kappa shape index (κ3) is 2.77. The van der Waals surface area contributed by atoms with Crippen molar-refractivity contribution in [3.05, 3.63) is 35.4 Å². The zero-order valence-corrected chi connectivity index (χ0v) is 7.77. The molecule has 0 aliphatic rings. The molecule has 1 rings (SSSR count). The van der Waals surface area contributed by atoms with E-state index in [0.717, 1.165) is 6.07 Å². The maximum absolute atomic E-state index is 13.1. The fraction of sp³-hybridized carbons (Fsp3) is 0.400. The van der Waals surface area contributed by atoms with Gasteiger partial charge in [-0.15, -0.1) is 0 Å². The predicted octanol–water partition coefficient (Wildman–Crippen LogP) is 2.24. The monoisotopic (exact) mass is 185 g/mol. The number of nitrogens with two attached hydrogens (primary N) is 1. The molecular formula is C10H13F2N. The van der Waals surface area contributed by atoms with Crippen LogP contribution < -0.4 is 5.73 Å². The Labute approximate surface area is 76.6 Å². The lowest BCUT2D eigenvalue weighted by Crippen LogP contribution is -2.34. The summed E-state index contributed by atoms with van der Waals surface area (Å²) in [5.74, 6) is -1.61. The van der Waals surface area contributed by atoms with Gasteiger partial charge >= 0.3 is 0 Å². The van der Waals surface area contributed by atoms with Gasteiger partial charge in [0.25, 0.3) is 0 Å². The molecule has 3 heteroatoms. The highest BCUT2D eigenvalue weighted by atomic mass is 19.2. The van der Waals surface area contributed by atoms with Crippen LogP contribution in [0.5, 0.6) is 0 Å². The van der Waals surface area contributed by atoms with E-state index in [-0.39, 0.29) is 0 Å². The van der Waals surface area contributed by atoms with E-state index < -0.39 is 17.2 Å². The van der Waals surface area contributed by atoms with Crippen molar-refractivity contribution in [2.45, 2.75) is 25.8 Å². The summed E-state index contributed by atoms with van der Waals surface area (Å²) >= 11 is 0. The fourth-order valence-corrected chi connectivity index (χ4v) is 1.18. The van der Waals surface area contributed by atoms with E-state index >= 15 is 0 Å². The van der Waals surface area contributed by atoms with Crippen LogP contribution in [0.1, 0.15) is 19.4 Å². The van der Waals surface area contributed by atoms with E-state index in [4.69, 9.17) is 5.73 Å². The summed E-state index contributed by atoms with van der Waals surface area (Å²) in [7, 11) is 0. The van der Waals surface area contributed by atoms with Gasteiger partial charge in [-0.2, -0.15) is 0 Å². The van der Waals surface area contributed by atoms with Gasteiger partial charge in [0.1, 0.15) is 0 Å². The maximum Gasteiger partial charge on any atom is 0.162 e. The molecule has 0 fully saturated rings. The van der Waals surface area contributed by atoms with Crippen molar-refractivity contribution in [1.82, 2.24) is 0 Å². The van der Waals surface area contributed by atoms with Crippen LogP contribution in [0, 0.1) is 11.6 Å². The average Bonchev–Trinajstić information content (AvgIpc) is 1.96. The molecule has 0 spiro atoms. The molecule has 0 aromatic heterocycles. The highest BCUT2D eigenvalue weighted by molar-refractivity contribution is 5.20. The molecule has 1 aromatic rings. The Bertz CT molecular complexity index is 302. The van der Waals surface area contributed by atoms with Crippen LogP contribution in [-0.4, -0.2) is 5.54 Å². The van der Waals surface area contributed by atoms with Gasteiger partial charge in [0.05, 0.1) is 0 Å². The molecule has 0 amide bonds. The molecule has 0 atom stereocenters. The van der Waals surface area contributed by atoms with E-state index in [1.807, 2.05) is 0 Å². The first-order valence-corrected chi connectivity index (χ1v) is 4.12. The highest BCUT2D eigenvalue weighted by Crippen LogP contribution is 2.16. The van der Waals surface area contributed by atoms with E-state index in [2.05, 4.69) is 0 Å². The smallest absolute Gasteiger partial charge is 0.162 e. The molecule has 0 bridgehead atoms. The van der Waals surface area contributed by atoms with E-state index in [1.165, 1.54) is 6.07 Å². The number of hydrogen-bond donors (Lipinski definition) is 1. The molecule has 0 saturated heterocycles. The predicted molar refractivity (Wildman–Crippen MR) is 48.3 cm³/mol. The number of rotatable bonds is 2. The molecule has 0 aliphatic heterocycles. The van der Waals surface area contributed by atoms with Crippen molar-refractivity contribution in [3.8, 4) is 0 Å². The van der Waals surface area contributed by atoms with Crippen LogP contribution in [0.2, 0.25) is 0 Å². The van der Waals surface area contributed by atoms with Crippen LogP contribution >= 0.6 is 0 Å². The Hall–Kier alpha value is -0.960. The van der Waals surface area contributed by atoms with E-state index in [0.29, 0.717) is 12.0 Å². The first kappa shape index (κ1) is 10.1. The highest BCUT2D eigenvalue weighted by Gasteiger charge is 2.16. The molecule has 0 radical (unpaired) electrons. The first-order chi connectivity index (χ1) is 5.90. The Morgan fingerprint density at radius 1 is 1.31 bits per heavy atom. The van der Waals surface area contributed by atoms with Crippen LogP contribution in [-0.2, 0) is 6.42 Å². The van der Waals surface area contributed by atoms with E-state index in [9.17, 15) is 8.78 Å². The maximum atomic E-state index is 13.1. The number of halogens is 2. The van der Waals surface area contributed by atoms with Crippen molar-refractivity contribution in [3.63, 3.8) is 0 Å². The topological polar surface area (TPSA) is 26.0 Å². The zero-order valence-electron chi connectivity index (χ0n) is 7.77. The van der Waals surface area contributed by atoms with Gasteiger partial charge < -0.3 is 5.73 Å². The zero-order chi connectivity index (χ0) is 10.1. The SMILES string of the molecule is CC(C)(N)Cc1cccc(F)c1F. The van der Waals surface area contributed by atoms with Gasteiger partial charge in [0, 0.05) is 5.54 Å². The lowest BCUT2D eigenvalue weighted by Gasteiger charge is -2.18. The van der Waals surface area contributed by atoms with Crippen molar-refractivity contribution < 1.29 is 8.78 Å². The average molecular weight is 185 g/mol. The minimum Gasteiger partial charge on any atom is -0.325 e. The minimum absolute atomic E-state index is 0.326. The standard InChI is InChI=1S/C10H13F2N/c1-10(2,13)6-7-4-3-5-8(11)9(7)12/h3-5H,6,13H2,1-2H3. The Morgan fingerprint density at radius 2 is 1.92 bits per heavy atom. The van der Waals surface area contributed by atoms with Crippen LogP contribution in [0.25, 0.3) is 0 Å². The fourth-order valence-electron chi connectivity index (χ4n) is 1.18. The summed E-state index contributed by atoms with van der Waals surface area (Å²) in [5, 5.41) is 0. The Morgan fingerprint density at radius 3 is 2.46 bits per heavy atom. The van der Waals surface area contributed by atoms with Crippen LogP contribution in [0.15, 0.2) is 18.2 Å². The summed E-state index contributed by atoms with van der Waals surface area (Å²) in [6, 6.07) is 4.13. The van der Waals surface area contributed by atoms with E-state index in [1.54, 1.807) is 19.9 Å². The quantitative estimate of drug-likeness (QED) is 0.751. The summed E-state index contributed by atoms with van der Waals surface area (Å²) in [6.07, 6.45) is 0.330. The molecule has 0 aliphatic carbocycles. The second-order valence-electron chi connectivity index (χ2n) is 3.88. The Kier molecular flexibility index (Phi) is 2.66. The van der Waals surface area contributed by atoms with Crippen molar-refractivity contribution >= 4 is 0 Å². The van der Waals surface area contributed by atoms with Gasteiger partial charge in [0.2, 0.25) is 0 Å².